The highest BCUT2D eigenvalue weighted by Crippen LogP contribution is 2.55. The smallest absolute Gasteiger partial charge is 0.272 e. The number of piperazine rings is 1. The lowest BCUT2D eigenvalue weighted by atomic mass is 9.49. The summed E-state index contributed by atoms with van der Waals surface area (Å²) in [6.07, 6.45) is 6.08. The van der Waals surface area contributed by atoms with E-state index < -0.39 is 29.7 Å². The van der Waals surface area contributed by atoms with Gasteiger partial charge in [-0.05, 0) is 74.4 Å². The van der Waals surface area contributed by atoms with Crippen molar-refractivity contribution in [1.29, 1.82) is 5.26 Å². The van der Waals surface area contributed by atoms with E-state index >= 15 is 0 Å². The van der Waals surface area contributed by atoms with Gasteiger partial charge in [0.2, 0.25) is 11.8 Å². The van der Waals surface area contributed by atoms with Crippen LogP contribution in [0.15, 0.2) is 48.7 Å². The fourth-order valence-corrected chi connectivity index (χ4v) is 10.5. The number of fused-ring (bicyclic) bond motifs is 1. The molecule has 0 bridgehead atoms. The van der Waals surface area contributed by atoms with Crippen molar-refractivity contribution in [1.82, 2.24) is 30.2 Å². The number of benzene rings is 2. The molecule has 2 saturated carbocycles. The van der Waals surface area contributed by atoms with Gasteiger partial charge in [0.05, 0.1) is 27.8 Å². The average Bonchev–Trinajstić information content (AvgIpc) is 3.79. The molecule has 2 aromatic carbocycles. The number of amides is 5. The Kier molecular flexibility index (Phi) is 10.3. The van der Waals surface area contributed by atoms with Gasteiger partial charge >= 0.3 is 0 Å². The number of carbonyl (C=O) groups is 5. The van der Waals surface area contributed by atoms with Gasteiger partial charge in [-0.3, -0.25) is 43.8 Å². The molecular weight excluding hydrogens is 760 g/mol. The summed E-state index contributed by atoms with van der Waals surface area (Å²) < 4.78 is 8.34. The molecule has 8 rings (SSSR count). The number of aromatic nitrogens is 2. The third-order valence-corrected chi connectivity index (χ3v) is 13.5. The van der Waals surface area contributed by atoms with Crippen LogP contribution in [0.2, 0.25) is 5.02 Å². The first-order chi connectivity index (χ1) is 27.6. The van der Waals surface area contributed by atoms with E-state index in [1.165, 1.54) is 0 Å². The number of nitrogens with zero attached hydrogens (tertiary/aromatic N) is 6. The number of nitrogens with one attached hydrogen (secondary N) is 2. The number of carbonyl (C=O) groups excluding carboxylic acids is 5. The third kappa shape index (κ3) is 7.12. The van der Waals surface area contributed by atoms with E-state index in [0.29, 0.717) is 33.5 Å². The second-order valence-electron chi connectivity index (χ2n) is 17.6. The summed E-state index contributed by atoms with van der Waals surface area (Å²) in [5, 5.41) is 19.8. The molecule has 1 atom stereocenters. The molecule has 304 valence electrons. The largest absolute Gasteiger partial charge is 0.489 e. The number of imide groups is 2. The lowest BCUT2D eigenvalue weighted by Crippen LogP contribution is -2.74. The zero-order chi connectivity index (χ0) is 41.1. The van der Waals surface area contributed by atoms with E-state index in [2.05, 4.69) is 54.2 Å². The van der Waals surface area contributed by atoms with Crippen LogP contribution in [0.3, 0.4) is 0 Å². The van der Waals surface area contributed by atoms with Gasteiger partial charge in [0.15, 0.2) is 0 Å². The highest BCUT2D eigenvalue weighted by atomic mass is 35.5. The number of anilines is 1. The molecule has 2 N–H and O–H groups in total. The maximum atomic E-state index is 13.5. The Morgan fingerprint density at radius 3 is 2.31 bits per heavy atom. The van der Waals surface area contributed by atoms with Crippen molar-refractivity contribution in [3.8, 4) is 11.8 Å². The molecule has 0 radical (unpaired) electrons. The van der Waals surface area contributed by atoms with Crippen molar-refractivity contribution >= 4 is 46.8 Å². The van der Waals surface area contributed by atoms with E-state index in [4.69, 9.17) is 21.4 Å². The van der Waals surface area contributed by atoms with Gasteiger partial charge in [-0.2, -0.15) is 10.4 Å². The van der Waals surface area contributed by atoms with Gasteiger partial charge in [0.25, 0.3) is 17.7 Å². The zero-order valence-corrected chi connectivity index (χ0v) is 34.1. The van der Waals surface area contributed by atoms with Gasteiger partial charge in [0, 0.05) is 74.0 Å². The minimum absolute atomic E-state index is 0.0877. The van der Waals surface area contributed by atoms with Crippen LogP contribution in [-0.2, 0) is 9.59 Å². The monoisotopic (exact) mass is 808 g/mol. The van der Waals surface area contributed by atoms with Crippen LogP contribution in [-0.4, -0.2) is 100 Å². The standard InChI is InChI=1S/C43H49ClN8O6/c1-42(2)40(43(3,4)41(42)58-29-11-7-26(23-45)32(44)22-29)47-36(54)33-15-16-51(48-33)27-8-5-25(6-9-27)24-49-17-19-50(20-18-49)28-10-12-30-31(21-28)39(57)52(38(30)56)34-13-14-35(53)46-37(34)55/h7,10-12,15-16,21-22,25,27,34,40-41H,5-6,8-9,13-14,17-20,24H2,1-4H3,(H,47,54)(H,46,53,55). The normalized spacial score (nSPS) is 26.7. The van der Waals surface area contributed by atoms with E-state index in [1.54, 1.807) is 36.4 Å². The number of nitriles is 1. The first kappa shape index (κ1) is 39.6. The molecule has 3 aliphatic heterocycles. The van der Waals surface area contributed by atoms with Crippen LogP contribution in [0, 0.1) is 28.1 Å². The molecule has 4 fully saturated rings. The molecule has 1 unspecified atom stereocenters. The summed E-state index contributed by atoms with van der Waals surface area (Å²) in [5.41, 5.74) is 1.51. The first-order valence-electron chi connectivity index (χ1n) is 20.2. The van der Waals surface area contributed by atoms with Crippen molar-refractivity contribution in [2.75, 3.05) is 37.6 Å². The van der Waals surface area contributed by atoms with Gasteiger partial charge in [-0.25, -0.2) is 0 Å². The SMILES string of the molecule is CC1(C)C(NC(=O)c2ccn(C3CCC(CN4CCN(c5ccc6c(c5)C(=O)N(C5CCC(=O)NC5=O)C6=O)CC4)CC3)n2)C(C)(C)C1Oc1ccc(C#N)c(Cl)c1. The Balaban J connectivity index is 0.795. The van der Waals surface area contributed by atoms with Gasteiger partial charge in [-0.15, -0.1) is 0 Å². The highest BCUT2D eigenvalue weighted by molar-refractivity contribution is 6.31. The van der Waals surface area contributed by atoms with Crippen molar-refractivity contribution < 1.29 is 28.7 Å². The van der Waals surface area contributed by atoms with Crippen molar-refractivity contribution in [3.05, 3.63) is 76.1 Å². The molecule has 4 heterocycles. The van der Waals surface area contributed by atoms with Crippen LogP contribution in [0.4, 0.5) is 5.69 Å². The Morgan fingerprint density at radius 2 is 1.64 bits per heavy atom. The average molecular weight is 809 g/mol. The van der Waals surface area contributed by atoms with Crippen LogP contribution in [0.5, 0.6) is 5.75 Å². The first-order valence-corrected chi connectivity index (χ1v) is 20.6. The van der Waals surface area contributed by atoms with Crippen LogP contribution in [0.25, 0.3) is 0 Å². The van der Waals surface area contributed by atoms with Crippen LogP contribution >= 0.6 is 11.6 Å². The van der Waals surface area contributed by atoms with Crippen molar-refractivity contribution in [2.45, 2.75) is 90.4 Å². The Bertz CT molecular complexity index is 2200. The molecule has 0 spiro atoms. The number of hydrogen-bond acceptors (Lipinski definition) is 10. The van der Waals surface area contributed by atoms with E-state index in [1.807, 2.05) is 16.9 Å². The van der Waals surface area contributed by atoms with Gasteiger partial charge in [0.1, 0.15) is 29.7 Å². The Morgan fingerprint density at radius 1 is 0.931 bits per heavy atom. The molecule has 5 amide bonds. The highest BCUT2D eigenvalue weighted by Gasteiger charge is 2.64. The molecular formula is C43H49ClN8O6. The molecule has 2 saturated heterocycles. The van der Waals surface area contributed by atoms with Crippen LogP contribution < -0.4 is 20.3 Å². The summed E-state index contributed by atoms with van der Waals surface area (Å²) in [7, 11) is 0. The Hall–Kier alpha value is -5.26. The predicted octanol–water partition coefficient (Wildman–Crippen LogP) is 4.97. The molecule has 5 aliphatic rings. The summed E-state index contributed by atoms with van der Waals surface area (Å²) in [6, 6.07) is 13.4. The predicted molar refractivity (Wildman–Crippen MR) is 214 cm³/mol. The van der Waals surface area contributed by atoms with Gasteiger partial charge < -0.3 is 15.0 Å². The summed E-state index contributed by atoms with van der Waals surface area (Å²) >= 11 is 6.25. The maximum Gasteiger partial charge on any atom is 0.272 e. The molecule has 3 aromatic rings. The topological polar surface area (TPSA) is 170 Å². The number of rotatable bonds is 9. The quantitative estimate of drug-likeness (QED) is 0.282. The van der Waals surface area contributed by atoms with Crippen molar-refractivity contribution in [3.63, 3.8) is 0 Å². The fourth-order valence-electron chi connectivity index (χ4n) is 10.3. The van der Waals surface area contributed by atoms with Crippen molar-refractivity contribution in [2.24, 2.45) is 16.7 Å². The molecule has 2 aliphatic carbocycles. The Labute approximate surface area is 342 Å². The van der Waals surface area contributed by atoms with E-state index in [0.717, 1.165) is 69.0 Å². The zero-order valence-electron chi connectivity index (χ0n) is 33.3. The number of piperidine rings is 1. The number of hydrogen-bond donors (Lipinski definition) is 2. The fraction of sp³-hybridized carbons (Fsp3) is 0.512. The minimum Gasteiger partial charge on any atom is -0.489 e. The summed E-state index contributed by atoms with van der Waals surface area (Å²) in [5.74, 6) is -1.03. The lowest BCUT2D eigenvalue weighted by molar-refractivity contribution is -0.164. The lowest BCUT2D eigenvalue weighted by Gasteiger charge is -2.63. The van der Waals surface area contributed by atoms with E-state index in [9.17, 15) is 29.2 Å². The number of halogens is 1. The molecule has 58 heavy (non-hydrogen) atoms. The maximum absolute atomic E-state index is 13.5. The van der Waals surface area contributed by atoms with Crippen LogP contribution in [0.1, 0.15) is 109 Å². The summed E-state index contributed by atoms with van der Waals surface area (Å²) in [6.45, 7) is 12.7. The molecule has 15 heteroatoms. The minimum atomic E-state index is -0.978. The molecule has 1 aromatic heterocycles. The second-order valence-corrected chi connectivity index (χ2v) is 18.0. The van der Waals surface area contributed by atoms with Gasteiger partial charge in [-0.1, -0.05) is 39.3 Å². The summed E-state index contributed by atoms with van der Waals surface area (Å²) in [4.78, 5) is 69.8. The third-order valence-electron chi connectivity index (χ3n) is 13.1. The molecule has 14 nitrogen and oxygen atoms in total. The van der Waals surface area contributed by atoms with E-state index in [-0.39, 0.29) is 53.3 Å². The number of ether oxygens (including phenoxy) is 1. The second kappa shape index (κ2) is 15.2.